The number of amides is 1. The monoisotopic (exact) mass is 487 g/mol. The molecule has 0 radical (unpaired) electrons. The second-order valence-electron chi connectivity index (χ2n) is 12.2. The standard InChI is InChI=1S/C26H43NO6.Na/c1-14(4-7-22(31)27-13-23(32)33)17-5-6-18-24-19(12-21(30)26(17,18)3)25(2)9-8-16(28)10-15(25)11-20(24)29;/h14-21,24,28-30H,4-13H2,1-3H3,(H,27,31)(H,32,33);/q;+1/p-1/t14-,15?,16-,17?,18?,19?,20-,21+,24?,25?,26?;/m1./s1. The third-order valence-electron chi connectivity index (χ3n) is 10.8. The topological polar surface area (TPSA) is 130 Å². The minimum Gasteiger partial charge on any atom is -0.548 e. The number of carbonyl (C=O) groups excluding carboxylic acids is 2. The minimum absolute atomic E-state index is 0. The van der Waals surface area contributed by atoms with Gasteiger partial charge in [-0.2, -0.15) is 0 Å². The van der Waals surface area contributed by atoms with Crippen LogP contribution in [-0.2, 0) is 9.59 Å². The number of carboxylic acid groups (broad SMARTS) is 1. The van der Waals surface area contributed by atoms with Crippen molar-refractivity contribution < 1.29 is 59.6 Å². The Bertz CT molecular complexity index is 766. The average molecular weight is 488 g/mol. The summed E-state index contributed by atoms with van der Waals surface area (Å²) in [7, 11) is 0. The summed E-state index contributed by atoms with van der Waals surface area (Å²) in [5.74, 6) is -0.0789. The van der Waals surface area contributed by atoms with Crippen molar-refractivity contribution >= 4 is 11.9 Å². The summed E-state index contributed by atoms with van der Waals surface area (Å²) in [5, 5.41) is 46.1. The number of fused-ring (bicyclic) bond motifs is 5. The first kappa shape index (κ1) is 28.4. The van der Waals surface area contributed by atoms with Gasteiger partial charge in [0.2, 0.25) is 5.91 Å². The second-order valence-corrected chi connectivity index (χ2v) is 12.2. The molecule has 0 aliphatic heterocycles. The Morgan fingerprint density at radius 2 is 1.76 bits per heavy atom. The zero-order chi connectivity index (χ0) is 24.1. The number of rotatable bonds is 6. The molecule has 4 rings (SSSR count). The van der Waals surface area contributed by atoms with E-state index in [2.05, 4.69) is 26.1 Å². The van der Waals surface area contributed by atoms with Gasteiger partial charge in [0.05, 0.1) is 30.8 Å². The summed E-state index contributed by atoms with van der Waals surface area (Å²) in [6, 6.07) is 0. The van der Waals surface area contributed by atoms with Crippen molar-refractivity contribution in [3.8, 4) is 0 Å². The van der Waals surface area contributed by atoms with Crippen LogP contribution in [0.15, 0.2) is 0 Å². The van der Waals surface area contributed by atoms with Crippen molar-refractivity contribution in [3.05, 3.63) is 0 Å². The van der Waals surface area contributed by atoms with Gasteiger partial charge in [0.25, 0.3) is 0 Å². The molecule has 8 heteroatoms. The minimum atomic E-state index is -1.29. The van der Waals surface area contributed by atoms with E-state index in [1.54, 1.807) is 0 Å². The molecule has 4 aliphatic carbocycles. The van der Waals surface area contributed by atoms with E-state index in [-0.39, 0.29) is 94.5 Å². The van der Waals surface area contributed by atoms with Crippen molar-refractivity contribution in [2.75, 3.05) is 6.54 Å². The Kier molecular flexibility index (Phi) is 8.91. The molecule has 188 valence electrons. The van der Waals surface area contributed by atoms with Crippen LogP contribution in [0.4, 0.5) is 0 Å². The van der Waals surface area contributed by atoms with Gasteiger partial charge in [-0.05, 0) is 97.7 Å². The number of nitrogens with one attached hydrogen (secondary N) is 1. The Morgan fingerprint density at radius 1 is 1.06 bits per heavy atom. The number of hydrogen-bond donors (Lipinski definition) is 4. The van der Waals surface area contributed by atoms with Gasteiger partial charge in [0, 0.05) is 6.42 Å². The first-order chi connectivity index (χ1) is 15.5. The van der Waals surface area contributed by atoms with Gasteiger partial charge >= 0.3 is 29.6 Å². The molecule has 1 amide bonds. The van der Waals surface area contributed by atoms with E-state index >= 15 is 0 Å². The van der Waals surface area contributed by atoms with Gasteiger partial charge in [-0.25, -0.2) is 0 Å². The fourth-order valence-electron chi connectivity index (χ4n) is 8.95. The van der Waals surface area contributed by atoms with Crippen LogP contribution < -0.4 is 40.0 Å². The van der Waals surface area contributed by atoms with Gasteiger partial charge in [-0.1, -0.05) is 20.8 Å². The van der Waals surface area contributed by atoms with Crippen LogP contribution in [0.3, 0.4) is 0 Å². The molecule has 4 saturated carbocycles. The molecule has 11 atom stereocenters. The van der Waals surface area contributed by atoms with Gasteiger partial charge < -0.3 is 30.5 Å². The molecule has 0 saturated heterocycles. The largest absolute Gasteiger partial charge is 1.00 e. The van der Waals surface area contributed by atoms with Crippen LogP contribution in [0, 0.1) is 46.3 Å². The number of aliphatic hydroxyl groups is 3. The van der Waals surface area contributed by atoms with Crippen LogP contribution in [0.25, 0.3) is 0 Å². The normalized spacial score (nSPS) is 46.3. The van der Waals surface area contributed by atoms with E-state index in [9.17, 15) is 30.0 Å². The summed E-state index contributed by atoms with van der Waals surface area (Å²) >= 11 is 0. The summed E-state index contributed by atoms with van der Waals surface area (Å²) in [6.07, 6.45) is 5.75. The van der Waals surface area contributed by atoms with Crippen molar-refractivity contribution in [2.45, 2.75) is 96.9 Å². The summed E-state index contributed by atoms with van der Waals surface area (Å²) in [4.78, 5) is 22.6. The molecule has 34 heavy (non-hydrogen) atoms. The molecule has 4 fully saturated rings. The molecule has 0 spiro atoms. The van der Waals surface area contributed by atoms with Crippen molar-refractivity contribution in [1.82, 2.24) is 5.32 Å². The number of carboxylic acids is 1. The molecular formula is C26H42NNaO6. The van der Waals surface area contributed by atoms with E-state index in [4.69, 9.17) is 0 Å². The zero-order valence-electron chi connectivity index (χ0n) is 21.3. The van der Waals surface area contributed by atoms with Crippen LogP contribution in [0.1, 0.15) is 78.6 Å². The van der Waals surface area contributed by atoms with Crippen LogP contribution in [0.2, 0.25) is 0 Å². The molecule has 0 bridgehead atoms. The summed E-state index contributed by atoms with van der Waals surface area (Å²) in [5.41, 5.74) is -0.230. The Labute approximate surface area is 225 Å². The first-order valence-corrected chi connectivity index (χ1v) is 13.0. The summed E-state index contributed by atoms with van der Waals surface area (Å²) in [6.45, 7) is 6.21. The molecule has 0 aromatic rings. The van der Waals surface area contributed by atoms with Gasteiger partial charge in [0.1, 0.15) is 0 Å². The molecule has 0 aromatic heterocycles. The molecule has 0 aromatic carbocycles. The van der Waals surface area contributed by atoms with E-state index in [0.29, 0.717) is 18.8 Å². The maximum Gasteiger partial charge on any atom is 1.00 e. The van der Waals surface area contributed by atoms with Crippen molar-refractivity contribution in [2.24, 2.45) is 46.3 Å². The number of hydrogen-bond acceptors (Lipinski definition) is 6. The van der Waals surface area contributed by atoms with Crippen LogP contribution in [-0.4, -0.2) is 52.1 Å². The van der Waals surface area contributed by atoms with E-state index in [0.717, 1.165) is 38.5 Å². The molecule has 7 nitrogen and oxygen atoms in total. The van der Waals surface area contributed by atoms with Gasteiger partial charge in [-0.15, -0.1) is 0 Å². The van der Waals surface area contributed by atoms with Crippen molar-refractivity contribution in [1.29, 1.82) is 0 Å². The molecule has 4 aliphatic rings. The number of carbonyl (C=O) groups is 2. The molecular weight excluding hydrogens is 445 g/mol. The fourth-order valence-corrected chi connectivity index (χ4v) is 8.95. The Balaban J connectivity index is 0.00000324. The Morgan fingerprint density at radius 3 is 2.44 bits per heavy atom. The summed E-state index contributed by atoms with van der Waals surface area (Å²) < 4.78 is 0. The maximum absolute atomic E-state index is 12.0. The average Bonchev–Trinajstić information content (AvgIpc) is 3.11. The molecule has 7 unspecified atom stereocenters. The first-order valence-electron chi connectivity index (χ1n) is 13.0. The predicted octanol–water partition coefficient (Wildman–Crippen LogP) is -1.77. The maximum atomic E-state index is 12.0. The fraction of sp³-hybridized carbons (Fsp3) is 0.923. The quantitative estimate of drug-likeness (QED) is 0.328. The molecule has 4 N–H and O–H groups in total. The van der Waals surface area contributed by atoms with Crippen LogP contribution >= 0.6 is 0 Å². The van der Waals surface area contributed by atoms with E-state index < -0.39 is 18.6 Å². The SMILES string of the molecule is C[C@H](CCC(=O)NCC(=O)[O-])C1CCC2C3C(C[C@H](O)C21C)C1(C)CC[C@@H](O)CC1C[C@H]3O.[Na+]. The van der Waals surface area contributed by atoms with Gasteiger partial charge in [-0.3, -0.25) is 4.79 Å². The smallest absolute Gasteiger partial charge is 0.548 e. The van der Waals surface area contributed by atoms with Gasteiger partial charge in [0.15, 0.2) is 0 Å². The third kappa shape index (κ3) is 4.87. The molecule has 0 heterocycles. The van der Waals surface area contributed by atoms with Crippen molar-refractivity contribution in [3.63, 3.8) is 0 Å². The Hall–Kier alpha value is -0.180. The zero-order valence-corrected chi connectivity index (χ0v) is 23.3. The second kappa shape index (κ2) is 10.7. The number of aliphatic carboxylic acids is 1. The van der Waals surface area contributed by atoms with E-state index in [1.165, 1.54) is 0 Å². The van der Waals surface area contributed by atoms with E-state index in [1.807, 2.05) is 0 Å². The third-order valence-corrected chi connectivity index (χ3v) is 10.8. The number of aliphatic hydroxyl groups excluding tert-OH is 3. The predicted molar refractivity (Wildman–Crippen MR) is 120 cm³/mol. The van der Waals surface area contributed by atoms with Crippen LogP contribution in [0.5, 0.6) is 0 Å².